The first-order valence-electron chi connectivity index (χ1n) is 8.05. The zero-order valence-electron chi connectivity index (χ0n) is 12.5. The van der Waals surface area contributed by atoms with Gasteiger partial charge in [-0.05, 0) is 31.1 Å². The summed E-state index contributed by atoms with van der Waals surface area (Å²) in [5.74, 6) is 0.947. The number of hydrogen-bond donors (Lipinski definition) is 1. The Morgan fingerprint density at radius 2 is 1.74 bits per heavy atom. The SMILES string of the molecule is CCCCCCCCCC(=O)NCC1(CCCl)CC1. The molecule has 0 heterocycles. The topological polar surface area (TPSA) is 29.1 Å². The maximum atomic E-state index is 11.7. The van der Waals surface area contributed by atoms with Gasteiger partial charge in [0.05, 0.1) is 0 Å². The molecule has 0 aromatic heterocycles. The Balaban J connectivity index is 1.91. The van der Waals surface area contributed by atoms with Crippen molar-refractivity contribution in [1.29, 1.82) is 0 Å². The van der Waals surface area contributed by atoms with Crippen LogP contribution in [-0.2, 0) is 4.79 Å². The zero-order chi connectivity index (χ0) is 14.0. The van der Waals surface area contributed by atoms with Gasteiger partial charge in [-0.3, -0.25) is 4.79 Å². The first kappa shape index (κ1) is 16.8. The van der Waals surface area contributed by atoms with Gasteiger partial charge in [-0.2, -0.15) is 0 Å². The number of halogens is 1. The van der Waals surface area contributed by atoms with Crippen LogP contribution in [0.3, 0.4) is 0 Å². The largest absolute Gasteiger partial charge is 0.356 e. The molecule has 1 amide bonds. The number of amides is 1. The Morgan fingerprint density at radius 1 is 1.11 bits per heavy atom. The van der Waals surface area contributed by atoms with Crippen molar-refractivity contribution in [3.63, 3.8) is 0 Å². The molecule has 0 saturated heterocycles. The lowest BCUT2D eigenvalue weighted by atomic mass is 10.0. The highest BCUT2D eigenvalue weighted by Gasteiger charge is 2.41. The fraction of sp³-hybridized carbons (Fsp3) is 0.938. The Morgan fingerprint density at radius 3 is 2.32 bits per heavy atom. The van der Waals surface area contributed by atoms with Crippen molar-refractivity contribution >= 4 is 17.5 Å². The van der Waals surface area contributed by atoms with Crippen LogP contribution in [0, 0.1) is 5.41 Å². The molecule has 2 nitrogen and oxygen atoms in total. The third-order valence-electron chi connectivity index (χ3n) is 4.25. The lowest BCUT2D eigenvalue weighted by molar-refractivity contribution is -0.121. The van der Waals surface area contributed by atoms with Gasteiger partial charge in [0, 0.05) is 18.8 Å². The Kier molecular flexibility index (Phi) is 8.52. The van der Waals surface area contributed by atoms with Crippen LogP contribution in [0.4, 0.5) is 0 Å². The molecule has 1 aliphatic carbocycles. The van der Waals surface area contributed by atoms with Gasteiger partial charge < -0.3 is 5.32 Å². The summed E-state index contributed by atoms with van der Waals surface area (Å²) < 4.78 is 0. The third kappa shape index (κ3) is 7.81. The van der Waals surface area contributed by atoms with E-state index in [1.165, 1.54) is 51.4 Å². The van der Waals surface area contributed by atoms with Crippen molar-refractivity contribution in [3.05, 3.63) is 0 Å². The highest BCUT2D eigenvalue weighted by Crippen LogP contribution is 2.48. The van der Waals surface area contributed by atoms with E-state index in [1.807, 2.05) is 0 Å². The van der Waals surface area contributed by atoms with Crippen molar-refractivity contribution < 1.29 is 4.79 Å². The average Bonchev–Trinajstić information content (AvgIpc) is 3.16. The molecule has 0 aliphatic heterocycles. The lowest BCUT2D eigenvalue weighted by Crippen LogP contribution is -2.30. The highest BCUT2D eigenvalue weighted by atomic mass is 35.5. The van der Waals surface area contributed by atoms with Crippen LogP contribution in [0.1, 0.15) is 77.6 Å². The van der Waals surface area contributed by atoms with E-state index in [0.29, 0.717) is 17.7 Å². The quantitative estimate of drug-likeness (QED) is 0.411. The van der Waals surface area contributed by atoms with Crippen LogP contribution in [0.15, 0.2) is 0 Å². The predicted molar refractivity (Wildman–Crippen MR) is 82.6 cm³/mol. The molecule has 0 atom stereocenters. The van der Waals surface area contributed by atoms with Gasteiger partial charge in [-0.1, -0.05) is 45.4 Å². The summed E-state index contributed by atoms with van der Waals surface area (Å²) in [5.41, 5.74) is 0.359. The van der Waals surface area contributed by atoms with Gasteiger partial charge in [0.1, 0.15) is 0 Å². The second kappa shape index (κ2) is 9.63. The molecule has 0 unspecified atom stereocenters. The normalized spacial score (nSPS) is 16.3. The fourth-order valence-electron chi connectivity index (χ4n) is 2.51. The number of rotatable bonds is 12. The average molecular weight is 288 g/mol. The minimum Gasteiger partial charge on any atom is -0.356 e. The van der Waals surface area contributed by atoms with Gasteiger partial charge in [-0.15, -0.1) is 11.6 Å². The van der Waals surface area contributed by atoms with Crippen LogP contribution in [-0.4, -0.2) is 18.3 Å². The van der Waals surface area contributed by atoms with Crippen molar-refractivity contribution in [1.82, 2.24) is 5.32 Å². The summed E-state index contributed by atoms with van der Waals surface area (Å²) in [4.78, 5) is 11.7. The van der Waals surface area contributed by atoms with E-state index < -0.39 is 0 Å². The molecule has 19 heavy (non-hydrogen) atoms. The molecule has 1 saturated carbocycles. The summed E-state index contributed by atoms with van der Waals surface area (Å²) in [6, 6.07) is 0. The van der Waals surface area contributed by atoms with E-state index in [9.17, 15) is 4.79 Å². The fourth-order valence-corrected chi connectivity index (χ4v) is 2.91. The summed E-state index contributed by atoms with van der Waals surface area (Å²) in [5, 5.41) is 3.08. The number of alkyl halides is 1. The van der Waals surface area contributed by atoms with E-state index in [1.54, 1.807) is 0 Å². The molecule has 0 radical (unpaired) electrons. The van der Waals surface area contributed by atoms with Crippen molar-refractivity contribution in [2.75, 3.05) is 12.4 Å². The van der Waals surface area contributed by atoms with E-state index in [2.05, 4.69) is 12.2 Å². The van der Waals surface area contributed by atoms with E-state index in [-0.39, 0.29) is 5.91 Å². The number of unbranched alkanes of at least 4 members (excludes halogenated alkanes) is 6. The first-order valence-corrected chi connectivity index (χ1v) is 8.58. The maximum absolute atomic E-state index is 11.7. The van der Waals surface area contributed by atoms with E-state index in [4.69, 9.17) is 11.6 Å². The first-order chi connectivity index (χ1) is 9.22. The minimum absolute atomic E-state index is 0.231. The number of carbonyl (C=O) groups is 1. The molecular formula is C16H30ClNO. The van der Waals surface area contributed by atoms with Crippen LogP contribution < -0.4 is 5.32 Å². The molecular weight excluding hydrogens is 258 g/mol. The molecule has 112 valence electrons. The molecule has 0 spiro atoms. The number of nitrogens with one attached hydrogen (secondary N) is 1. The lowest BCUT2D eigenvalue weighted by Gasteiger charge is -2.14. The second-order valence-corrected chi connectivity index (χ2v) is 6.46. The summed E-state index contributed by atoms with van der Waals surface area (Å²) in [6.07, 6.45) is 13.1. The standard InChI is InChI=1S/C16H30ClNO/c1-2-3-4-5-6-7-8-9-15(19)18-14-16(10-11-16)12-13-17/h2-14H2,1H3,(H,18,19). The maximum Gasteiger partial charge on any atom is 0.220 e. The van der Waals surface area contributed by atoms with Crippen LogP contribution >= 0.6 is 11.6 Å². The number of carbonyl (C=O) groups excluding carboxylic acids is 1. The van der Waals surface area contributed by atoms with E-state index >= 15 is 0 Å². The molecule has 0 bridgehead atoms. The van der Waals surface area contributed by atoms with Gasteiger partial charge in [0.2, 0.25) is 5.91 Å². The molecule has 0 aromatic carbocycles. The Labute approximate surface area is 123 Å². The van der Waals surface area contributed by atoms with Gasteiger partial charge in [0.15, 0.2) is 0 Å². The van der Waals surface area contributed by atoms with Gasteiger partial charge in [0.25, 0.3) is 0 Å². The molecule has 1 aliphatic rings. The smallest absolute Gasteiger partial charge is 0.220 e. The van der Waals surface area contributed by atoms with Crippen LogP contribution in [0.25, 0.3) is 0 Å². The highest BCUT2D eigenvalue weighted by molar-refractivity contribution is 6.17. The molecule has 1 fully saturated rings. The number of hydrogen-bond acceptors (Lipinski definition) is 1. The Bertz CT molecular complexity index is 251. The van der Waals surface area contributed by atoms with Crippen molar-refractivity contribution in [3.8, 4) is 0 Å². The van der Waals surface area contributed by atoms with E-state index in [0.717, 1.165) is 19.4 Å². The van der Waals surface area contributed by atoms with Crippen molar-refractivity contribution in [2.45, 2.75) is 77.6 Å². The molecule has 1 N–H and O–H groups in total. The summed E-state index contributed by atoms with van der Waals surface area (Å²) in [7, 11) is 0. The monoisotopic (exact) mass is 287 g/mol. The Hall–Kier alpha value is -0.240. The molecule has 1 rings (SSSR count). The van der Waals surface area contributed by atoms with Gasteiger partial charge in [-0.25, -0.2) is 0 Å². The van der Waals surface area contributed by atoms with Crippen molar-refractivity contribution in [2.24, 2.45) is 5.41 Å². The molecule has 0 aromatic rings. The second-order valence-electron chi connectivity index (χ2n) is 6.09. The van der Waals surface area contributed by atoms with Gasteiger partial charge >= 0.3 is 0 Å². The summed E-state index contributed by atoms with van der Waals surface area (Å²) in [6.45, 7) is 3.08. The molecule has 3 heteroatoms. The van der Waals surface area contributed by atoms with Crippen LogP contribution in [0.5, 0.6) is 0 Å². The zero-order valence-corrected chi connectivity index (χ0v) is 13.2. The summed E-state index contributed by atoms with van der Waals surface area (Å²) >= 11 is 5.78. The third-order valence-corrected chi connectivity index (χ3v) is 4.44. The predicted octanol–water partition coefficient (Wildman–Crippen LogP) is 4.65. The minimum atomic E-state index is 0.231. The van der Waals surface area contributed by atoms with Crippen LogP contribution in [0.2, 0.25) is 0 Å².